The van der Waals surface area contributed by atoms with Crippen LogP contribution >= 0.6 is 35.3 Å². The van der Waals surface area contributed by atoms with Crippen molar-refractivity contribution in [1.82, 2.24) is 0 Å². The predicted octanol–water partition coefficient (Wildman–Crippen LogP) is 10.7. The van der Waals surface area contributed by atoms with Crippen LogP contribution in [0.3, 0.4) is 0 Å². The second kappa shape index (κ2) is 25.2. The van der Waals surface area contributed by atoms with Crippen LogP contribution in [0.15, 0.2) is 0 Å². The Morgan fingerprint density at radius 2 is 0.783 bits per heavy atom. The summed E-state index contributed by atoms with van der Waals surface area (Å²) in [6.45, 7) is 2.25. The van der Waals surface area contributed by atoms with Gasteiger partial charge in [-0.2, -0.15) is 0 Å². The second-order valence-electron chi connectivity index (χ2n) is 13.8. The molecule has 3 saturated carbocycles. The first-order chi connectivity index (χ1) is 22.5. The fourth-order valence-corrected chi connectivity index (χ4v) is 17.9. The Morgan fingerprint density at radius 1 is 0.478 bits per heavy atom. The topological polar surface area (TPSA) is 78.9 Å². The summed E-state index contributed by atoms with van der Waals surface area (Å²) in [6, 6.07) is 0. The van der Waals surface area contributed by atoms with Gasteiger partial charge in [-0.3, -0.25) is 0 Å². The molecule has 46 heavy (non-hydrogen) atoms. The molecule has 0 aromatic carbocycles. The van der Waals surface area contributed by atoms with Gasteiger partial charge in [0.15, 0.2) is 0 Å². The summed E-state index contributed by atoms with van der Waals surface area (Å²) < 4.78 is 18.9. The molecule has 0 heterocycles. The van der Waals surface area contributed by atoms with Crippen LogP contribution in [0.2, 0.25) is 4.44 Å². The summed E-state index contributed by atoms with van der Waals surface area (Å²) in [5.74, 6) is -0.449. The van der Waals surface area contributed by atoms with Crippen LogP contribution in [0.1, 0.15) is 167 Å². The van der Waals surface area contributed by atoms with Crippen LogP contribution in [0.25, 0.3) is 0 Å². The van der Waals surface area contributed by atoms with Crippen molar-refractivity contribution in [3.8, 4) is 0 Å². The molecule has 10 heteroatoms. The number of hydrogen-bond acceptors (Lipinski definition) is 9. The molecule has 0 aromatic heterocycles. The van der Waals surface area contributed by atoms with Gasteiger partial charge in [0.05, 0.1) is 0 Å². The van der Waals surface area contributed by atoms with Crippen molar-refractivity contribution < 1.29 is 23.6 Å². The van der Waals surface area contributed by atoms with Crippen LogP contribution in [-0.4, -0.2) is 70.5 Å². The quantitative estimate of drug-likeness (QED) is 0.0741. The normalized spacial score (nSPS) is 18.7. The number of carbonyl (C=O) groups is 3. The van der Waals surface area contributed by atoms with E-state index in [-0.39, 0.29) is 35.2 Å². The van der Waals surface area contributed by atoms with E-state index in [2.05, 4.69) is 6.92 Å². The fourth-order valence-electron chi connectivity index (χ4n) is 6.91. The van der Waals surface area contributed by atoms with Gasteiger partial charge in [0.2, 0.25) is 0 Å². The minimum atomic E-state index is -4.92. The zero-order chi connectivity index (χ0) is 32.7. The molecule has 6 nitrogen and oxygen atoms in total. The van der Waals surface area contributed by atoms with E-state index in [0.717, 1.165) is 57.8 Å². The molecule has 0 unspecified atom stereocenters. The first kappa shape index (κ1) is 40.7. The number of rotatable bonds is 23. The van der Waals surface area contributed by atoms with Crippen molar-refractivity contribution in [3.63, 3.8) is 0 Å². The van der Waals surface area contributed by atoms with Gasteiger partial charge in [0, 0.05) is 0 Å². The van der Waals surface area contributed by atoms with Gasteiger partial charge in [-0.25, -0.2) is 0 Å². The van der Waals surface area contributed by atoms with E-state index in [0.29, 0.717) is 20.2 Å². The SMILES string of the molecule is CCCCCCCCCCC[CH2][Sn]([O]C(=O)CSC1CCCCC1)([O]C(=O)CSC1CCCCC1)[O]C(=O)CSC1CCCCC1. The molecular formula is C36H64O6S3Sn. The van der Waals surface area contributed by atoms with Gasteiger partial charge < -0.3 is 0 Å². The summed E-state index contributed by atoms with van der Waals surface area (Å²) in [5.41, 5.74) is 0. The number of unbranched alkanes of at least 4 members (excludes halogenated alkanes) is 9. The third kappa shape index (κ3) is 18.3. The van der Waals surface area contributed by atoms with E-state index in [1.165, 1.54) is 103 Å². The molecule has 3 aliphatic carbocycles. The van der Waals surface area contributed by atoms with Gasteiger partial charge in [0.25, 0.3) is 0 Å². The first-order valence-corrected chi connectivity index (χ1v) is 27.6. The Balaban J connectivity index is 1.61. The Bertz CT molecular complexity index is 755. The molecule has 0 saturated heterocycles. The third-order valence-electron chi connectivity index (χ3n) is 9.61. The Kier molecular flexibility index (Phi) is 22.3. The molecule has 0 aliphatic heterocycles. The van der Waals surface area contributed by atoms with E-state index < -0.39 is 19.6 Å². The van der Waals surface area contributed by atoms with Crippen LogP contribution in [0.5, 0.6) is 0 Å². The summed E-state index contributed by atoms with van der Waals surface area (Å²) in [5, 5.41) is 1.41. The van der Waals surface area contributed by atoms with Crippen molar-refractivity contribution in [2.45, 2.75) is 188 Å². The monoisotopic (exact) mass is 808 g/mol. The van der Waals surface area contributed by atoms with E-state index in [4.69, 9.17) is 9.22 Å². The van der Waals surface area contributed by atoms with Crippen molar-refractivity contribution in [3.05, 3.63) is 0 Å². The maximum absolute atomic E-state index is 13.4. The van der Waals surface area contributed by atoms with E-state index in [1.54, 1.807) is 35.3 Å². The molecule has 0 aromatic rings. The van der Waals surface area contributed by atoms with Crippen LogP contribution in [0.4, 0.5) is 0 Å². The molecule has 3 fully saturated rings. The molecule has 3 rings (SSSR count). The average Bonchev–Trinajstić information content (AvgIpc) is 3.08. The number of thioether (sulfide) groups is 3. The maximum atomic E-state index is 13.4. The Hall–Kier alpha value is 0.259. The first-order valence-electron chi connectivity index (χ1n) is 19.0. The van der Waals surface area contributed by atoms with Crippen molar-refractivity contribution in [2.75, 3.05) is 17.3 Å². The molecule has 0 amide bonds. The van der Waals surface area contributed by atoms with E-state index in [1.807, 2.05) is 0 Å². The molecule has 266 valence electrons. The van der Waals surface area contributed by atoms with Gasteiger partial charge in [0.1, 0.15) is 0 Å². The molecule has 0 spiro atoms. The molecule has 0 bridgehead atoms. The summed E-state index contributed by atoms with van der Waals surface area (Å²) in [6.07, 6.45) is 29.6. The van der Waals surface area contributed by atoms with Gasteiger partial charge in [-0.05, 0) is 0 Å². The van der Waals surface area contributed by atoms with Crippen LogP contribution in [-0.2, 0) is 23.6 Å². The summed E-state index contributed by atoms with van der Waals surface area (Å²) >= 11 is 0.0531. The number of hydrogen-bond donors (Lipinski definition) is 0. The Morgan fingerprint density at radius 3 is 1.11 bits per heavy atom. The van der Waals surface area contributed by atoms with E-state index >= 15 is 0 Å². The second-order valence-corrected chi connectivity index (χ2v) is 24.7. The van der Waals surface area contributed by atoms with Crippen LogP contribution in [0, 0.1) is 0 Å². The molecule has 0 N–H and O–H groups in total. The summed E-state index contributed by atoms with van der Waals surface area (Å²) in [7, 11) is 0. The van der Waals surface area contributed by atoms with Crippen molar-refractivity contribution >= 4 is 72.8 Å². The zero-order valence-electron chi connectivity index (χ0n) is 28.9. The molecule has 0 radical (unpaired) electrons. The van der Waals surface area contributed by atoms with Gasteiger partial charge in [-0.1, -0.05) is 0 Å². The molecule has 0 atom stereocenters. The van der Waals surface area contributed by atoms with Gasteiger partial charge >= 0.3 is 301 Å². The summed E-state index contributed by atoms with van der Waals surface area (Å²) in [4.78, 5) is 40.1. The fraction of sp³-hybridized carbons (Fsp3) is 0.917. The molecule has 3 aliphatic rings. The standard InChI is InChI=1S/C12H25.3C8H14O2S.Sn/c1-3-5-7-9-11-12-10-8-6-4-2;3*9-8(10)6-11-7-4-2-1-3-5-7;/h1,3-12H2,2H3;3*7H,1-6H2,(H,9,10);/q;;;;+3/p-3. The molecular weight excluding hydrogens is 743 g/mol. The van der Waals surface area contributed by atoms with Gasteiger partial charge in [-0.15, -0.1) is 0 Å². The zero-order valence-corrected chi connectivity index (χ0v) is 34.2. The van der Waals surface area contributed by atoms with Crippen LogP contribution < -0.4 is 0 Å². The number of carbonyl (C=O) groups excluding carboxylic acids is 3. The van der Waals surface area contributed by atoms with E-state index in [9.17, 15) is 14.4 Å². The van der Waals surface area contributed by atoms with Crippen molar-refractivity contribution in [1.29, 1.82) is 0 Å². The third-order valence-corrected chi connectivity index (χ3v) is 21.0. The Labute approximate surface area is 299 Å². The average molecular weight is 808 g/mol. The van der Waals surface area contributed by atoms with Crippen molar-refractivity contribution in [2.24, 2.45) is 0 Å². The predicted molar refractivity (Wildman–Crippen MR) is 199 cm³/mol. The minimum absolute atomic E-state index is 0.226.